The maximum Gasteiger partial charge on any atom is 0.125 e. The Morgan fingerprint density at radius 1 is 1.50 bits per heavy atom. The predicted molar refractivity (Wildman–Crippen MR) is 44.3 cm³/mol. The van der Waals surface area contributed by atoms with E-state index in [4.69, 9.17) is 5.84 Å². The fraction of sp³-hybridized carbons (Fsp3) is 0.125. The van der Waals surface area contributed by atoms with Crippen LogP contribution in [0.3, 0.4) is 0 Å². The zero-order valence-corrected chi connectivity index (χ0v) is 6.37. The maximum absolute atomic E-state index is 12.7. The molecule has 2 rings (SSSR count). The fourth-order valence-corrected chi connectivity index (χ4v) is 1.16. The van der Waals surface area contributed by atoms with Crippen LogP contribution in [0.25, 0.3) is 0 Å². The van der Waals surface area contributed by atoms with E-state index in [1.54, 1.807) is 6.07 Å². The lowest BCUT2D eigenvalue weighted by atomic mass is 10.1. The molecule has 3 nitrogen and oxygen atoms in total. The van der Waals surface area contributed by atoms with E-state index in [-0.39, 0.29) is 5.82 Å². The molecule has 0 spiro atoms. The Morgan fingerprint density at radius 2 is 2.33 bits per heavy atom. The minimum absolute atomic E-state index is 0.267. The highest BCUT2D eigenvalue weighted by atomic mass is 19.1. The minimum atomic E-state index is -0.267. The molecule has 0 aliphatic carbocycles. The molecule has 1 heterocycles. The summed E-state index contributed by atoms with van der Waals surface area (Å²) in [5, 5.41) is 1.46. The first-order valence-corrected chi connectivity index (χ1v) is 3.60. The van der Waals surface area contributed by atoms with Gasteiger partial charge in [0.2, 0.25) is 0 Å². The van der Waals surface area contributed by atoms with Crippen LogP contribution in [0.2, 0.25) is 0 Å². The molecule has 0 bridgehead atoms. The summed E-state index contributed by atoms with van der Waals surface area (Å²) < 4.78 is 12.7. The van der Waals surface area contributed by atoms with Crippen molar-refractivity contribution < 1.29 is 4.39 Å². The summed E-state index contributed by atoms with van der Waals surface area (Å²) in [5.41, 5.74) is 1.61. The summed E-state index contributed by atoms with van der Waals surface area (Å²) in [6.45, 7) is 0.582. The number of halogens is 1. The van der Waals surface area contributed by atoms with Crippen LogP contribution in [-0.4, -0.2) is 11.3 Å². The van der Waals surface area contributed by atoms with Gasteiger partial charge in [-0.1, -0.05) is 6.07 Å². The number of benzene rings is 1. The zero-order chi connectivity index (χ0) is 8.55. The summed E-state index contributed by atoms with van der Waals surface area (Å²) in [6.07, 6.45) is 1.49. The molecule has 1 aromatic rings. The van der Waals surface area contributed by atoms with Gasteiger partial charge in [0.25, 0.3) is 0 Å². The standard InChI is InChI=1S/C8H8FN3/c9-7-2-1-6-4-12(10)5-11-8(6)3-7/h1-3,5H,4,10H2. The number of nitrogens with two attached hydrogens (primary N) is 1. The molecule has 0 amide bonds. The van der Waals surface area contributed by atoms with Crippen molar-refractivity contribution in [2.24, 2.45) is 10.8 Å². The van der Waals surface area contributed by atoms with Crippen LogP contribution in [0.5, 0.6) is 0 Å². The molecule has 0 unspecified atom stereocenters. The van der Waals surface area contributed by atoms with E-state index in [1.807, 2.05) is 0 Å². The quantitative estimate of drug-likeness (QED) is 0.586. The van der Waals surface area contributed by atoms with Crippen LogP contribution < -0.4 is 5.84 Å². The van der Waals surface area contributed by atoms with Gasteiger partial charge < -0.3 is 0 Å². The first-order valence-electron chi connectivity index (χ1n) is 3.60. The Bertz CT molecular complexity index is 335. The van der Waals surface area contributed by atoms with Crippen LogP contribution in [0.15, 0.2) is 23.2 Å². The van der Waals surface area contributed by atoms with Crippen LogP contribution in [0.4, 0.5) is 10.1 Å². The molecule has 12 heavy (non-hydrogen) atoms. The highest BCUT2D eigenvalue weighted by molar-refractivity contribution is 5.66. The van der Waals surface area contributed by atoms with E-state index >= 15 is 0 Å². The van der Waals surface area contributed by atoms with Gasteiger partial charge in [-0.3, -0.25) is 5.01 Å². The van der Waals surface area contributed by atoms with Gasteiger partial charge in [-0.2, -0.15) is 0 Å². The summed E-state index contributed by atoms with van der Waals surface area (Å²) >= 11 is 0. The fourth-order valence-electron chi connectivity index (χ4n) is 1.16. The van der Waals surface area contributed by atoms with Crippen molar-refractivity contribution in [2.75, 3.05) is 0 Å². The van der Waals surface area contributed by atoms with Crippen molar-refractivity contribution in [3.63, 3.8) is 0 Å². The molecule has 1 aromatic carbocycles. The predicted octanol–water partition coefficient (Wildman–Crippen LogP) is 1.17. The normalized spacial score (nSPS) is 14.7. The smallest absolute Gasteiger partial charge is 0.125 e. The summed E-state index contributed by atoms with van der Waals surface area (Å²) in [5.74, 6) is 5.21. The Kier molecular flexibility index (Phi) is 1.55. The number of hydrazine groups is 1. The van der Waals surface area contributed by atoms with Crippen molar-refractivity contribution in [1.29, 1.82) is 0 Å². The van der Waals surface area contributed by atoms with Crippen LogP contribution in [-0.2, 0) is 6.54 Å². The Morgan fingerprint density at radius 3 is 3.17 bits per heavy atom. The van der Waals surface area contributed by atoms with Crippen LogP contribution in [0, 0.1) is 5.82 Å². The van der Waals surface area contributed by atoms with Crippen molar-refractivity contribution in [2.45, 2.75) is 6.54 Å². The van der Waals surface area contributed by atoms with Gasteiger partial charge in [-0.25, -0.2) is 15.2 Å². The van der Waals surface area contributed by atoms with Gasteiger partial charge in [0.05, 0.1) is 12.2 Å². The second-order valence-electron chi connectivity index (χ2n) is 2.69. The summed E-state index contributed by atoms with van der Waals surface area (Å²) in [4.78, 5) is 3.97. The molecule has 0 saturated heterocycles. The number of hydrogen-bond acceptors (Lipinski definition) is 3. The first-order chi connectivity index (χ1) is 5.75. The van der Waals surface area contributed by atoms with Gasteiger partial charge >= 0.3 is 0 Å². The molecule has 0 aromatic heterocycles. The minimum Gasteiger partial charge on any atom is -0.296 e. The number of rotatable bonds is 0. The van der Waals surface area contributed by atoms with Gasteiger partial charge in [-0.05, 0) is 17.7 Å². The molecule has 0 atom stereocenters. The van der Waals surface area contributed by atoms with E-state index in [9.17, 15) is 4.39 Å². The second kappa shape index (κ2) is 2.57. The number of fused-ring (bicyclic) bond motifs is 1. The van der Waals surface area contributed by atoms with E-state index < -0.39 is 0 Å². The molecule has 0 radical (unpaired) electrons. The number of nitrogens with zero attached hydrogens (tertiary/aromatic N) is 2. The summed E-state index contributed by atoms with van der Waals surface area (Å²) in [6, 6.07) is 4.51. The average molecular weight is 165 g/mol. The molecule has 4 heteroatoms. The van der Waals surface area contributed by atoms with E-state index in [0.29, 0.717) is 12.2 Å². The third-order valence-electron chi connectivity index (χ3n) is 1.75. The van der Waals surface area contributed by atoms with Gasteiger partial charge in [0, 0.05) is 0 Å². The summed E-state index contributed by atoms with van der Waals surface area (Å²) in [7, 11) is 0. The topological polar surface area (TPSA) is 41.6 Å². The Hall–Kier alpha value is -1.42. The molecule has 0 fully saturated rings. The van der Waals surface area contributed by atoms with Crippen LogP contribution in [0.1, 0.15) is 5.56 Å². The van der Waals surface area contributed by atoms with Crippen LogP contribution >= 0.6 is 0 Å². The monoisotopic (exact) mass is 165 g/mol. The average Bonchev–Trinajstić information content (AvgIpc) is 2.05. The first kappa shape index (κ1) is 7.24. The van der Waals surface area contributed by atoms with E-state index in [2.05, 4.69) is 4.99 Å². The zero-order valence-electron chi connectivity index (χ0n) is 6.37. The third-order valence-corrected chi connectivity index (χ3v) is 1.75. The van der Waals surface area contributed by atoms with Gasteiger partial charge in [0.15, 0.2) is 0 Å². The van der Waals surface area contributed by atoms with Gasteiger partial charge in [0.1, 0.15) is 12.2 Å². The molecular formula is C8H8FN3. The molecule has 1 aliphatic heterocycles. The molecule has 1 aliphatic rings. The molecule has 2 N–H and O–H groups in total. The Balaban J connectivity index is 2.47. The van der Waals surface area contributed by atoms with Crippen molar-refractivity contribution in [3.05, 3.63) is 29.6 Å². The highest BCUT2D eigenvalue weighted by Crippen LogP contribution is 2.23. The SMILES string of the molecule is NN1C=Nc2cc(F)ccc2C1. The van der Waals surface area contributed by atoms with E-state index in [1.165, 1.54) is 23.5 Å². The Labute approximate surface area is 69.3 Å². The van der Waals surface area contributed by atoms with Crippen molar-refractivity contribution >= 4 is 12.0 Å². The number of hydrogen-bond donors (Lipinski definition) is 1. The van der Waals surface area contributed by atoms with E-state index in [0.717, 1.165) is 5.56 Å². The largest absolute Gasteiger partial charge is 0.296 e. The van der Waals surface area contributed by atoms with Crippen molar-refractivity contribution in [3.8, 4) is 0 Å². The maximum atomic E-state index is 12.7. The van der Waals surface area contributed by atoms with Gasteiger partial charge in [-0.15, -0.1) is 0 Å². The third kappa shape index (κ3) is 1.16. The molecule has 0 saturated carbocycles. The van der Waals surface area contributed by atoms with Crippen molar-refractivity contribution in [1.82, 2.24) is 5.01 Å². The molecular weight excluding hydrogens is 157 g/mol. The lowest BCUT2D eigenvalue weighted by Crippen LogP contribution is -2.30. The molecule has 62 valence electrons. The lowest BCUT2D eigenvalue weighted by Gasteiger charge is -2.18. The number of aliphatic imine (C=N–C) groups is 1. The lowest BCUT2D eigenvalue weighted by molar-refractivity contribution is 0.441. The highest BCUT2D eigenvalue weighted by Gasteiger charge is 2.08. The second-order valence-corrected chi connectivity index (χ2v) is 2.69.